The van der Waals surface area contributed by atoms with E-state index >= 15 is 0 Å². The molecule has 0 unspecified atom stereocenters. The van der Waals surface area contributed by atoms with Gasteiger partial charge in [0.05, 0.1) is 12.2 Å². The van der Waals surface area contributed by atoms with Crippen molar-refractivity contribution in [3.8, 4) is 0 Å². The highest BCUT2D eigenvalue weighted by molar-refractivity contribution is 5.80. The molecule has 2 N–H and O–H groups in total. The topological polar surface area (TPSA) is 58.6 Å². The van der Waals surface area contributed by atoms with Gasteiger partial charge in [-0.25, -0.2) is 0 Å². The third-order valence-electron chi connectivity index (χ3n) is 1.40. The summed E-state index contributed by atoms with van der Waals surface area (Å²) >= 11 is 0. The summed E-state index contributed by atoms with van der Waals surface area (Å²) in [6.07, 6.45) is 0.434. The Morgan fingerprint density at radius 3 is 2.64 bits per heavy atom. The lowest BCUT2D eigenvalue weighted by Gasteiger charge is -2.21. The van der Waals surface area contributed by atoms with Crippen LogP contribution in [0.5, 0.6) is 0 Å². The Morgan fingerprint density at radius 2 is 2.21 bits per heavy atom. The molecule has 1 amide bonds. The molecule has 0 bridgehead atoms. The minimum Gasteiger partial charge on any atom is -0.381 e. The molecule has 0 aliphatic heterocycles. The van der Waals surface area contributed by atoms with Crippen molar-refractivity contribution in [1.29, 1.82) is 0 Å². The number of nitrogens with one attached hydrogen (secondary N) is 1. The standard InChI is InChI=1S/C10H19NO3/c1-5-6-11-9(13)8(12)7-14-10(2,3)4/h5,8,12H,1,6-7H2,2-4H3,(H,11,13)/t8-/m0/s1. The van der Waals surface area contributed by atoms with Crippen LogP contribution in [0.25, 0.3) is 0 Å². The van der Waals surface area contributed by atoms with Crippen molar-refractivity contribution >= 4 is 5.91 Å². The number of carbonyl (C=O) groups is 1. The Morgan fingerprint density at radius 1 is 1.64 bits per heavy atom. The Bertz CT molecular complexity index is 196. The van der Waals surface area contributed by atoms with Crippen LogP contribution < -0.4 is 5.32 Å². The molecule has 0 aliphatic rings. The van der Waals surface area contributed by atoms with Crippen LogP contribution in [0, 0.1) is 0 Å². The zero-order valence-corrected chi connectivity index (χ0v) is 9.04. The number of aliphatic hydroxyl groups excluding tert-OH is 1. The number of hydrogen-bond acceptors (Lipinski definition) is 3. The van der Waals surface area contributed by atoms with Gasteiger partial charge in [-0.3, -0.25) is 4.79 Å². The van der Waals surface area contributed by atoms with E-state index < -0.39 is 12.0 Å². The molecule has 0 aromatic heterocycles. The maximum Gasteiger partial charge on any atom is 0.251 e. The molecule has 0 radical (unpaired) electrons. The van der Waals surface area contributed by atoms with Crippen LogP contribution >= 0.6 is 0 Å². The Hall–Kier alpha value is -0.870. The minimum absolute atomic E-state index is 0.00642. The van der Waals surface area contributed by atoms with E-state index in [-0.39, 0.29) is 12.2 Å². The first-order valence-electron chi connectivity index (χ1n) is 4.57. The zero-order chi connectivity index (χ0) is 11.2. The van der Waals surface area contributed by atoms with Crippen LogP contribution in [0.15, 0.2) is 12.7 Å². The van der Waals surface area contributed by atoms with Gasteiger partial charge in [0.2, 0.25) is 0 Å². The molecular formula is C10H19NO3. The summed E-state index contributed by atoms with van der Waals surface area (Å²) in [5, 5.41) is 11.8. The van der Waals surface area contributed by atoms with Gasteiger partial charge in [-0.05, 0) is 20.8 Å². The second-order valence-corrected chi connectivity index (χ2v) is 3.97. The normalized spacial score (nSPS) is 13.4. The fourth-order valence-electron chi connectivity index (χ4n) is 0.695. The van der Waals surface area contributed by atoms with Crippen LogP contribution in [-0.4, -0.2) is 35.9 Å². The van der Waals surface area contributed by atoms with E-state index in [0.29, 0.717) is 6.54 Å². The number of amides is 1. The molecule has 82 valence electrons. The van der Waals surface area contributed by atoms with Gasteiger partial charge >= 0.3 is 0 Å². The van der Waals surface area contributed by atoms with Crippen LogP contribution in [0.3, 0.4) is 0 Å². The second kappa shape index (κ2) is 5.78. The van der Waals surface area contributed by atoms with Crippen molar-refractivity contribution < 1.29 is 14.6 Å². The SMILES string of the molecule is C=CCNC(=O)[C@@H](O)COC(C)(C)C. The first kappa shape index (κ1) is 13.1. The van der Waals surface area contributed by atoms with Gasteiger partial charge in [-0.2, -0.15) is 0 Å². The number of aliphatic hydroxyl groups is 1. The molecule has 0 aliphatic carbocycles. The van der Waals surface area contributed by atoms with E-state index in [1.807, 2.05) is 20.8 Å². The predicted molar refractivity (Wildman–Crippen MR) is 54.9 cm³/mol. The highest BCUT2D eigenvalue weighted by Gasteiger charge is 2.18. The van der Waals surface area contributed by atoms with Crippen molar-refractivity contribution in [2.45, 2.75) is 32.5 Å². The number of hydrogen-bond donors (Lipinski definition) is 2. The highest BCUT2D eigenvalue weighted by atomic mass is 16.5. The van der Waals surface area contributed by atoms with Gasteiger partial charge in [0.1, 0.15) is 0 Å². The van der Waals surface area contributed by atoms with E-state index in [2.05, 4.69) is 11.9 Å². The summed E-state index contributed by atoms with van der Waals surface area (Å²) in [6, 6.07) is 0. The fraction of sp³-hybridized carbons (Fsp3) is 0.700. The second-order valence-electron chi connectivity index (χ2n) is 3.97. The van der Waals surface area contributed by atoms with Crippen LogP contribution in [0.1, 0.15) is 20.8 Å². The van der Waals surface area contributed by atoms with E-state index in [1.54, 1.807) is 6.08 Å². The molecule has 0 saturated heterocycles. The summed E-state index contributed by atoms with van der Waals surface area (Å²) < 4.78 is 5.26. The molecule has 0 aromatic carbocycles. The van der Waals surface area contributed by atoms with Crippen molar-refractivity contribution in [1.82, 2.24) is 5.32 Å². The monoisotopic (exact) mass is 201 g/mol. The van der Waals surface area contributed by atoms with E-state index in [9.17, 15) is 9.90 Å². The zero-order valence-electron chi connectivity index (χ0n) is 9.04. The Kier molecular flexibility index (Phi) is 5.42. The fourth-order valence-corrected chi connectivity index (χ4v) is 0.695. The third kappa shape index (κ3) is 6.62. The third-order valence-corrected chi connectivity index (χ3v) is 1.40. The molecule has 0 spiro atoms. The van der Waals surface area contributed by atoms with E-state index in [1.165, 1.54) is 0 Å². The van der Waals surface area contributed by atoms with Gasteiger partial charge < -0.3 is 15.2 Å². The van der Waals surface area contributed by atoms with Gasteiger partial charge in [0.15, 0.2) is 6.10 Å². The Balaban J connectivity index is 3.78. The first-order valence-corrected chi connectivity index (χ1v) is 4.57. The molecule has 0 aromatic rings. The average molecular weight is 201 g/mol. The summed E-state index contributed by atoms with van der Waals surface area (Å²) in [6.45, 7) is 9.40. The maximum atomic E-state index is 11.1. The van der Waals surface area contributed by atoms with Crippen molar-refractivity contribution in [2.75, 3.05) is 13.2 Å². The summed E-state index contributed by atoms with van der Waals surface area (Å²) in [7, 11) is 0. The molecule has 14 heavy (non-hydrogen) atoms. The van der Waals surface area contributed by atoms with Gasteiger partial charge in [-0.15, -0.1) is 6.58 Å². The molecule has 4 heteroatoms. The lowest BCUT2D eigenvalue weighted by molar-refractivity contribution is -0.135. The molecule has 1 atom stereocenters. The van der Waals surface area contributed by atoms with Crippen LogP contribution in [0.2, 0.25) is 0 Å². The predicted octanol–water partition coefficient (Wildman–Crippen LogP) is 0.465. The molecule has 0 saturated carbocycles. The quantitative estimate of drug-likeness (QED) is 0.635. The van der Waals surface area contributed by atoms with E-state index in [4.69, 9.17) is 4.74 Å². The smallest absolute Gasteiger partial charge is 0.251 e. The van der Waals surface area contributed by atoms with Crippen molar-refractivity contribution in [2.24, 2.45) is 0 Å². The highest BCUT2D eigenvalue weighted by Crippen LogP contribution is 2.06. The number of ether oxygens (including phenoxy) is 1. The van der Waals surface area contributed by atoms with Gasteiger partial charge in [0.25, 0.3) is 5.91 Å². The average Bonchev–Trinajstić information content (AvgIpc) is 2.09. The minimum atomic E-state index is -1.12. The van der Waals surface area contributed by atoms with Crippen LogP contribution in [-0.2, 0) is 9.53 Å². The summed E-state index contributed by atoms with van der Waals surface area (Å²) in [4.78, 5) is 11.1. The van der Waals surface area contributed by atoms with Crippen molar-refractivity contribution in [3.05, 3.63) is 12.7 Å². The molecule has 4 nitrogen and oxygen atoms in total. The molecular weight excluding hydrogens is 182 g/mol. The lowest BCUT2D eigenvalue weighted by Crippen LogP contribution is -2.39. The van der Waals surface area contributed by atoms with Crippen molar-refractivity contribution in [3.63, 3.8) is 0 Å². The first-order chi connectivity index (χ1) is 6.37. The van der Waals surface area contributed by atoms with Gasteiger partial charge in [-0.1, -0.05) is 6.08 Å². The maximum absolute atomic E-state index is 11.1. The lowest BCUT2D eigenvalue weighted by atomic mass is 10.2. The molecule has 0 fully saturated rings. The summed E-state index contributed by atoms with van der Waals surface area (Å²) in [5.41, 5.74) is -0.348. The molecule has 0 rings (SSSR count). The van der Waals surface area contributed by atoms with E-state index in [0.717, 1.165) is 0 Å². The van der Waals surface area contributed by atoms with Crippen LogP contribution in [0.4, 0.5) is 0 Å². The number of rotatable bonds is 5. The largest absolute Gasteiger partial charge is 0.381 e. The summed E-state index contributed by atoms with van der Waals surface area (Å²) in [5.74, 6) is -0.436. The number of carbonyl (C=O) groups excluding carboxylic acids is 1. The Labute approximate surface area is 85.0 Å². The van der Waals surface area contributed by atoms with Gasteiger partial charge in [0, 0.05) is 6.54 Å². The molecule has 0 heterocycles.